The zero-order chi connectivity index (χ0) is 19.2. The van der Waals surface area contributed by atoms with Crippen molar-refractivity contribution in [3.8, 4) is 5.75 Å². The topological polar surface area (TPSA) is 69.6 Å². The van der Waals surface area contributed by atoms with Gasteiger partial charge in [0, 0.05) is 16.9 Å². The van der Waals surface area contributed by atoms with Crippen LogP contribution < -0.4 is 20.5 Å². The lowest BCUT2D eigenvalue weighted by molar-refractivity contribution is 0.0863. The third-order valence-electron chi connectivity index (χ3n) is 3.79. The molecule has 0 saturated heterocycles. The number of amides is 1. The zero-order valence-corrected chi connectivity index (χ0v) is 15.3. The second-order valence-electron chi connectivity index (χ2n) is 5.64. The minimum atomic E-state index is -0.544. The molecule has 0 spiro atoms. The molecule has 7 heteroatoms. The van der Waals surface area contributed by atoms with E-state index in [-0.39, 0.29) is 12.2 Å². The average Bonchev–Trinajstić information content (AvgIpc) is 2.69. The molecule has 1 heterocycles. The molecule has 0 saturated carbocycles. The summed E-state index contributed by atoms with van der Waals surface area (Å²) >= 11 is 5.82. The third-order valence-corrected chi connectivity index (χ3v) is 4.04. The zero-order valence-electron chi connectivity index (χ0n) is 14.5. The number of nitrogens with zero attached hydrogens (tertiary/aromatic N) is 1. The fraction of sp³-hybridized carbons (Fsp3) is 0.100. The molecule has 0 fully saturated rings. The standard InChI is InChI=1S/C20H17ClN2O4/c1-26-17-10-4-14(5-11-17)13-27-23-12-2-3-18(20(23)25)19(24)22-16-8-6-15(21)7-9-16/h2-12H,13H2,1H3,(H,22,24). The van der Waals surface area contributed by atoms with E-state index in [1.54, 1.807) is 49.6 Å². The molecular weight excluding hydrogens is 368 g/mol. The Bertz CT molecular complexity index is 982. The molecule has 0 bridgehead atoms. The van der Waals surface area contributed by atoms with E-state index in [4.69, 9.17) is 21.2 Å². The van der Waals surface area contributed by atoms with Crippen molar-refractivity contribution in [3.63, 3.8) is 0 Å². The van der Waals surface area contributed by atoms with Crippen LogP contribution in [0.15, 0.2) is 71.7 Å². The Kier molecular flexibility index (Phi) is 5.78. The van der Waals surface area contributed by atoms with E-state index in [1.807, 2.05) is 12.1 Å². The molecule has 3 rings (SSSR count). The number of methoxy groups -OCH3 is 1. The molecule has 27 heavy (non-hydrogen) atoms. The lowest BCUT2D eigenvalue weighted by Gasteiger charge is -2.10. The molecule has 3 aromatic rings. The summed E-state index contributed by atoms with van der Waals surface area (Å²) in [6, 6.07) is 16.9. The third kappa shape index (κ3) is 4.68. The monoisotopic (exact) mass is 384 g/mol. The Balaban J connectivity index is 1.71. The van der Waals surface area contributed by atoms with E-state index < -0.39 is 11.5 Å². The number of hydrogen-bond acceptors (Lipinski definition) is 4. The molecular formula is C20H17ClN2O4. The number of anilines is 1. The smallest absolute Gasteiger partial charge is 0.295 e. The Morgan fingerprint density at radius 2 is 1.78 bits per heavy atom. The highest BCUT2D eigenvalue weighted by atomic mass is 35.5. The van der Waals surface area contributed by atoms with Crippen LogP contribution in [0.1, 0.15) is 15.9 Å². The van der Waals surface area contributed by atoms with Crippen molar-refractivity contribution >= 4 is 23.2 Å². The number of hydrogen-bond donors (Lipinski definition) is 1. The molecule has 0 aliphatic heterocycles. The van der Waals surface area contributed by atoms with Gasteiger partial charge in [-0.3, -0.25) is 9.59 Å². The van der Waals surface area contributed by atoms with E-state index in [2.05, 4.69) is 5.32 Å². The van der Waals surface area contributed by atoms with Gasteiger partial charge in [-0.25, -0.2) is 0 Å². The molecule has 6 nitrogen and oxygen atoms in total. The van der Waals surface area contributed by atoms with Crippen LogP contribution in [-0.4, -0.2) is 17.7 Å². The van der Waals surface area contributed by atoms with Gasteiger partial charge in [-0.15, -0.1) is 0 Å². The number of aromatic nitrogens is 1. The van der Waals surface area contributed by atoms with Gasteiger partial charge < -0.3 is 14.9 Å². The SMILES string of the molecule is COc1ccc(COn2cccc(C(=O)Nc3ccc(Cl)cc3)c2=O)cc1. The Morgan fingerprint density at radius 3 is 2.44 bits per heavy atom. The first-order valence-corrected chi connectivity index (χ1v) is 8.49. The number of carbonyl (C=O) groups is 1. The largest absolute Gasteiger partial charge is 0.497 e. The molecule has 138 valence electrons. The maximum absolute atomic E-state index is 12.5. The first-order valence-electron chi connectivity index (χ1n) is 8.11. The van der Waals surface area contributed by atoms with Crippen molar-refractivity contribution in [2.24, 2.45) is 0 Å². The normalized spacial score (nSPS) is 10.3. The van der Waals surface area contributed by atoms with Crippen LogP contribution in [0.25, 0.3) is 0 Å². The number of halogens is 1. The first kappa shape index (κ1) is 18.5. The van der Waals surface area contributed by atoms with Gasteiger partial charge in [-0.1, -0.05) is 23.7 Å². The Hall–Kier alpha value is -3.25. The quantitative estimate of drug-likeness (QED) is 0.707. The number of nitrogens with one attached hydrogen (secondary N) is 1. The fourth-order valence-corrected chi connectivity index (χ4v) is 2.47. The summed E-state index contributed by atoms with van der Waals surface area (Å²) in [4.78, 5) is 30.4. The van der Waals surface area contributed by atoms with Gasteiger partial charge in [0.2, 0.25) is 0 Å². The second kappa shape index (κ2) is 8.42. The molecule has 1 amide bonds. The van der Waals surface area contributed by atoms with Gasteiger partial charge in [0.15, 0.2) is 0 Å². The van der Waals surface area contributed by atoms with Crippen LogP contribution in [0.4, 0.5) is 5.69 Å². The van der Waals surface area contributed by atoms with Gasteiger partial charge in [-0.05, 0) is 54.1 Å². The van der Waals surface area contributed by atoms with Gasteiger partial charge in [0.1, 0.15) is 17.9 Å². The van der Waals surface area contributed by atoms with Gasteiger partial charge >= 0.3 is 0 Å². The van der Waals surface area contributed by atoms with Crippen molar-refractivity contribution in [1.82, 2.24) is 4.73 Å². The van der Waals surface area contributed by atoms with Crippen LogP contribution in [0.5, 0.6) is 5.75 Å². The van der Waals surface area contributed by atoms with Gasteiger partial charge in [0.25, 0.3) is 11.5 Å². The molecule has 0 aliphatic rings. The van der Waals surface area contributed by atoms with Crippen LogP contribution in [0.2, 0.25) is 5.02 Å². The summed E-state index contributed by atoms with van der Waals surface area (Å²) in [6.07, 6.45) is 1.46. The summed E-state index contributed by atoms with van der Waals surface area (Å²) in [5.41, 5.74) is 0.830. The maximum Gasteiger partial charge on any atom is 0.295 e. The molecule has 0 radical (unpaired) electrons. The van der Waals surface area contributed by atoms with Crippen molar-refractivity contribution in [2.75, 3.05) is 12.4 Å². The lowest BCUT2D eigenvalue weighted by Crippen LogP contribution is -2.32. The lowest BCUT2D eigenvalue weighted by atomic mass is 10.2. The molecule has 0 unspecified atom stereocenters. The van der Waals surface area contributed by atoms with Gasteiger partial charge in [0.05, 0.1) is 7.11 Å². The number of pyridine rings is 1. The van der Waals surface area contributed by atoms with Crippen molar-refractivity contribution < 1.29 is 14.4 Å². The molecule has 2 aromatic carbocycles. The highest BCUT2D eigenvalue weighted by molar-refractivity contribution is 6.30. The van der Waals surface area contributed by atoms with E-state index in [0.717, 1.165) is 16.0 Å². The molecule has 1 aromatic heterocycles. The minimum absolute atomic E-state index is 0.0258. The van der Waals surface area contributed by atoms with Crippen LogP contribution in [0.3, 0.4) is 0 Å². The Morgan fingerprint density at radius 1 is 1.07 bits per heavy atom. The molecule has 0 aliphatic carbocycles. The van der Waals surface area contributed by atoms with E-state index in [0.29, 0.717) is 10.7 Å². The van der Waals surface area contributed by atoms with E-state index >= 15 is 0 Å². The number of benzene rings is 2. The summed E-state index contributed by atoms with van der Waals surface area (Å²) in [6.45, 7) is 0.173. The number of carbonyl (C=O) groups excluding carboxylic acids is 1. The predicted octanol–water partition coefficient (Wildman–Crippen LogP) is 3.39. The minimum Gasteiger partial charge on any atom is -0.497 e. The molecule has 0 atom stereocenters. The first-order chi connectivity index (χ1) is 13.1. The van der Waals surface area contributed by atoms with Crippen LogP contribution >= 0.6 is 11.6 Å². The van der Waals surface area contributed by atoms with Crippen molar-refractivity contribution in [3.05, 3.63) is 93.4 Å². The fourth-order valence-electron chi connectivity index (χ4n) is 2.35. The second-order valence-corrected chi connectivity index (χ2v) is 6.07. The van der Waals surface area contributed by atoms with Crippen molar-refractivity contribution in [1.29, 1.82) is 0 Å². The summed E-state index contributed by atoms with van der Waals surface area (Å²) in [7, 11) is 1.59. The van der Waals surface area contributed by atoms with Gasteiger partial charge in [-0.2, -0.15) is 4.73 Å². The Labute approximate surface area is 160 Å². The predicted molar refractivity (Wildman–Crippen MR) is 103 cm³/mol. The van der Waals surface area contributed by atoms with Crippen molar-refractivity contribution in [2.45, 2.75) is 6.61 Å². The van der Waals surface area contributed by atoms with E-state index in [1.165, 1.54) is 12.3 Å². The summed E-state index contributed by atoms with van der Waals surface area (Å²) in [5, 5.41) is 3.22. The number of ether oxygens (including phenoxy) is 1. The highest BCUT2D eigenvalue weighted by Crippen LogP contribution is 2.14. The average molecular weight is 385 g/mol. The summed E-state index contributed by atoms with van der Waals surface area (Å²) in [5.74, 6) is 0.210. The maximum atomic E-state index is 12.5. The summed E-state index contributed by atoms with van der Waals surface area (Å²) < 4.78 is 6.14. The molecule has 1 N–H and O–H groups in total. The van der Waals surface area contributed by atoms with Crippen LogP contribution in [0, 0.1) is 0 Å². The van der Waals surface area contributed by atoms with Crippen LogP contribution in [-0.2, 0) is 6.61 Å². The highest BCUT2D eigenvalue weighted by Gasteiger charge is 2.13. The van der Waals surface area contributed by atoms with E-state index in [9.17, 15) is 9.59 Å². The number of rotatable bonds is 6.